The predicted octanol–water partition coefficient (Wildman–Crippen LogP) is 4.15. The molecule has 3 rings (SSSR count). The van der Waals surface area contributed by atoms with E-state index >= 15 is 0 Å². The molecule has 0 atom stereocenters. The summed E-state index contributed by atoms with van der Waals surface area (Å²) in [6, 6.07) is 9.53. The van der Waals surface area contributed by atoms with E-state index in [2.05, 4.69) is 18.8 Å². The second-order valence-corrected chi connectivity index (χ2v) is 6.39. The smallest absolute Gasteiger partial charge is 0.254 e. The topological polar surface area (TPSA) is 33.2 Å². The van der Waals surface area contributed by atoms with Gasteiger partial charge < -0.3 is 4.90 Å². The molecule has 110 valence electrons. The molecule has 1 amide bonds. The molecular formula is C17H19ClN2O. The fourth-order valence-electron chi connectivity index (χ4n) is 2.58. The van der Waals surface area contributed by atoms with Crippen LogP contribution in [-0.2, 0) is 0 Å². The van der Waals surface area contributed by atoms with Crippen LogP contribution in [0.15, 0.2) is 30.3 Å². The average Bonchev–Trinajstić information content (AvgIpc) is 3.27. The third-order valence-corrected chi connectivity index (χ3v) is 4.14. The molecule has 2 aromatic rings. The summed E-state index contributed by atoms with van der Waals surface area (Å²) < 4.78 is 0. The maximum atomic E-state index is 13.0. The first-order valence-corrected chi connectivity index (χ1v) is 7.80. The van der Waals surface area contributed by atoms with Gasteiger partial charge in [0.15, 0.2) is 0 Å². The first-order chi connectivity index (χ1) is 10.1. The van der Waals surface area contributed by atoms with Crippen LogP contribution in [0.2, 0.25) is 5.15 Å². The number of hydrogen-bond acceptors (Lipinski definition) is 2. The number of carbonyl (C=O) groups excluding carboxylic acids is 1. The molecule has 4 heteroatoms. The van der Waals surface area contributed by atoms with Gasteiger partial charge >= 0.3 is 0 Å². The summed E-state index contributed by atoms with van der Waals surface area (Å²) in [5.74, 6) is 0.720. The minimum Gasteiger partial charge on any atom is -0.336 e. The average molecular weight is 303 g/mol. The maximum Gasteiger partial charge on any atom is 0.254 e. The lowest BCUT2D eigenvalue weighted by atomic mass is 10.1. The van der Waals surface area contributed by atoms with Crippen LogP contribution in [0.1, 0.15) is 37.0 Å². The molecule has 1 saturated carbocycles. The standard InChI is InChI=1S/C17H19ClN2O/c1-11(2)20(10-12-7-8-12)17(21)14-9-16(18)19-15-6-4-3-5-13(14)15/h3-6,9,11-12H,7-8,10H2,1-2H3. The molecule has 1 fully saturated rings. The summed E-state index contributed by atoms with van der Waals surface area (Å²) in [6.07, 6.45) is 2.46. The van der Waals surface area contributed by atoms with Crippen molar-refractivity contribution in [2.24, 2.45) is 5.92 Å². The summed E-state index contributed by atoms with van der Waals surface area (Å²) in [5, 5.41) is 1.24. The van der Waals surface area contributed by atoms with Crippen molar-refractivity contribution in [1.29, 1.82) is 0 Å². The molecule has 1 aromatic carbocycles. The Morgan fingerprint density at radius 2 is 2.10 bits per heavy atom. The van der Waals surface area contributed by atoms with E-state index in [0.29, 0.717) is 16.6 Å². The van der Waals surface area contributed by atoms with E-state index in [9.17, 15) is 4.79 Å². The van der Waals surface area contributed by atoms with Crippen molar-refractivity contribution in [3.63, 3.8) is 0 Å². The fourth-order valence-corrected chi connectivity index (χ4v) is 2.78. The summed E-state index contributed by atoms with van der Waals surface area (Å²) in [7, 11) is 0. The summed E-state index contributed by atoms with van der Waals surface area (Å²) in [5.41, 5.74) is 1.42. The van der Waals surface area contributed by atoms with Crippen molar-refractivity contribution < 1.29 is 4.79 Å². The monoisotopic (exact) mass is 302 g/mol. The van der Waals surface area contributed by atoms with Gasteiger partial charge in [0.25, 0.3) is 5.91 Å². The first kappa shape index (κ1) is 14.3. The van der Waals surface area contributed by atoms with Gasteiger partial charge in [-0.15, -0.1) is 0 Å². The number of fused-ring (bicyclic) bond motifs is 1. The highest BCUT2D eigenvalue weighted by Gasteiger charge is 2.29. The Balaban J connectivity index is 2.03. The van der Waals surface area contributed by atoms with Crippen molar-refractivity contribution in [2.45, 2.75) is 32.7 Å². The number of hydrogen-bond donors (Lipinski definition) is 0. The number of benzene rings is 1. The number of amides is 1. The Hall–Kier alpha value is -1.61. The number of para-hydroxylation sites is 1. The van der Waals surface area contributed by atoms with E-state index in [4.69, 9.17) is 11.6 Å². The SMILES string of the molecule is CC(C)N(CC1CC1)C(=O)c1cc(Cl)nc2ccccc12. The second kappa shape index (κ2) is 5.64. The molecule has 0 N–H and O–H groups in total. The van der Waals surface area contributed by atoms with E-state index < -0.39 is 0 Å². The highest BCUT2D eigenvalue weighted by molar-refractivity contribution is 6.30. The lowest BCUT2D eigenvalue weighted by Crippen LogP contribution is -2.38. The van der Waals surface area contributed by atoms with Gasteiger partial charge in [-0.25, -0.2) is 4.98 Å². The van der Waals surface area contributed by atoms with Crippen molar-refractivity contribution in [3.05, 3.63) is 41.0 Å². The molecule has 3 nitrogen and oxygen atoms in total. The van der Waals surface area contributed by atoms with Crippen LogP contribution >= 0.6 is 11.6 Å². The number of rotatable bonds is 4. The van der Waals surface area contributed by atoms with Crippen LogP contribution in [-0.4, -0.2) is 28.4 Å². The van der Waals surface area contributed by atoms with Gasteiger partial charge in [-0.2, -0.15) is 0 Å². The Bertz CT molecular complexity index is 680. The lowest BCUT2D eigenvalue weighted by molar-refractivity contribution is 0.0698. The normalized spacial score (nSPS) is 14.7. The van der Waals surface area contributed by atoms with E-state index in [1.165, 1.54) is 12.8 Å². The Morgan fingerprint density at radius 1 is 1.38 bits per heavy atom. The van der Waals surface area contributed by atoms with Gasteiger partial charge in [-0.1, -0.05) is 29.8 Å². The van der Waals surface area contributed by atoms with Crippen molar-refractivity contribution in [1.82, 2.24) is 9.88 Å². The van der Waals surface area contributed by atoms with Gasteiger partial charge in [-0.3, -0.25) is 4.79 Å². The zero-order chi connectivity index (χ0) is 15.0. The fraction of sp³-hybridized carbons (Fsp3) is 0.412. The van der Waals surface area contributed by atoms with Crippen molar-refractivity contribution >= 4 is 28.4 Å². The van der Waals surface area contributed by atoms with Gasteiger partial charge in [0.05, 0.1) is 11.1 Å². The minimum atomic E-state index is 0.0531. The third kappa shape index (κ3) is 3.03. The zero-order valence-corrected chi connectivity index (χ0v) is 13.1. The number of aromatic nitrogens is 1. The zero-order valence-electron chi connectivity index (χ0n) is 12.3. The highest BCUT2D eigenvalue weighted by atomic mass is 35.5. The Morgan fingerprint density at radius 3 is 2.76 bits per heavy atom. The molecule has 0 unspecified atom stereocenters. The van der Waals surface area contributed by atoms with E-state index in [1.54, 1.807) is 6.07 Å². The van der Waals surface area contributed by atoms with Crippen LogP contribution < -0.4 is 0 Å². The van der Waals surface area contributed by atoms with E-state index in [-0.39, 0.29) is 11.9 Å². The number of carbonyl (C=O) groups is 1. The van der Waals surface area contributed by atoms with Crippen LogP contribution in [0.5, 0.6) is 0 Å². The molecule has 1 aliphatic carbocycles. The Kier molecular flexibility index (Phi) is 3.85. The first-order valence-electron chi connectivity index (χ1n) is 7.42. The van der Waals surface area contributed by atoms with Gasteiger partial charge in [0, 0.05) is 18.0 Å². The predicted molar refractivity (Wildman–Crippen MR) is 85.6 cm³/mol. The summed E-state index contributed by atoms with van der Waals surface area (Å²) in [4.78, 5) is 19.2. The van der Waals surface area contributed by atoms with Crippen LogP contribution in [0.3, 0.4) is 0 Å². The van der Waals surface area contributed by atoms with Gasteiger partial charge in [0.2, 0.25) is 0 Å². The quantitative estimate of drug-likeness (QED) is 0.795. The van der Waals surface area contributed by atoms with Gasteiger partial charge in [0.1, 0.15) is 5.15 Å². The molecule has 0 bridgehead atoms. The molecule has 1 aliphatic rings. The number of pyridine rings is 1. The Labute approximate surface area is 129 Å². The van der Waals surface area contributed by atoms with Gasteiger partial charge in [-0.05, 0) is 44.7 Å². The molecule has 1 aromatic heterocycles. The number of halogens is 1. The third-order valence-electron chi connectivity index (χ3n) is 3.95. The molecule has 0 spiro atoms. The van der Waals surface area contributed by atoms with Crippen LogP contribution in [0, 0.1) is 5.92 Å². The van der Waals surface area contributed by atoms with Crippen molar-refractivity contribution in [3.8, 4) is 0 Å². The number of nitrogens with zero attached hydrogens (tertiary/aromatic N) is 2. The maximum absolute atomic E-state index is 13.0. The highest BCUT2D eigenvalue weighted by Crippen LogP contribution is 2.31. The molecule has 0 radical (unpaired) electrons. The molecule has 0 saturated heterocycles. The lowest BCUT2D eigenvalue weighted by Gasteiger charge is -2.27. The molecular weight excluding hydrogens is 284 g/mol. The minimum absolute atomic E-state index is 0.0531. The van der Waals surface area contributed by atoms with E-state index in [0.717, 1.165) is 17.4 Å². The molecule has 0 aliphatic heterocycles. The van der Waals surface area contributed by atoms with Crippen molar-refractivity contribution in [2.75, 3.05) is 6.54 Å². The van der Waals surface area contributed by atoms with Crippen LogP contribution in [0.25, 0.3) is 10.9 Å². The summed E-state index contributed by atoms with van der Waals surface area (Å²) >= 11 is 6.09. The van der Waals surface area contributed by atoms with E-state index in [1.807, 2.05) is 29.2 Å². The second-order valence-electron chi connectivity index (χ2n) is 6.00. The van der Waals surface area contributed by atoms with Crippen LogP contribution in [0.4, 0.5) is 0 Å². The molecule has 21 heavy (non-hydrogen) atoms. The molecule has 1 heterocycles. The largest absolute Gasteiger partial charge is 0.336 e. The summed E-state index contributed by atoms with van der Waals surface area (Å²) in [6.45, 7) is 4.96.